The fourth-order valence-corrected chi connectivity index (χ4v) is 10.4. The SMILES string of the molecule is CCCCCCCCCCCCCC(O)(COC(C)CO)C(CCCCCCCCCCCCC)(CCCCCCCCCCCCC)CCCCCCCCCCCCC. The van der Waals surface area contributed by atoms with Gasteiger partial charge in [0.05, 0.1) is 24.9 Å². The van der Waals surface area contributed by atoms with Crippen molar-refractivity contribution >= 4 is 0 Å². The Labute approximate surface area is 386 Å². The average Bonchev–Trinajstić information content (AvgIpc) is 3.27. The quantitative estimate of drug-likeness (QED) is 0.0599. The van der Waals surface area contributed by atoms with E-state index in [1.807, 2.05) is 6.92 Å². The van der Waals surface area contributed by atoms with Gasteiger partial charge < -0.3 is 14.9 Å². The van der Waals surface area contributed by atoms with Crippen molar-refractivity contribution < 1.29 is 14.9 Å². The summed E-state index contributed by atoms with van der Waals surface area (Å²) in [7, 11) is 0. The van der Waals surface area contributed by atoms with Gasteiger partial charge in [0, 0.05) is 5.41 Å². The second kappa shape index (κ2) is 47.8. The van der Waals surface area contributed by atoms with E-state index in [0.29, 0.717) is 6.61 Å². The lowest BCUT2D eigenvalue weighted by atomic mass is 9.61. The van der Waals surface area contributed by atoms with Crippen molar-refractivity contribution in [3.8, 4) is 0 Å². The Morgan fingerprint density at radius 1 is 0.311 bits per heavy atom. The van der Waals surface area contributed by atoms with Crippen LogP contribution < -0.4 is 0 Å². The van der Waals surface area contributed by atoms with Gasteiger partial charge in [0.15, 0.2) is 0 Å². The van der Waals surface area contributed by atoms with Gasteiger partial charge in [-0.2, -0.15) is 0 Å². The average molecular weight is 864 g/mol. The van der Waals surface area contributed by atoms with Gasteiger partial charge >= 0.3 is 0 Å². The van der Waals surface area contributed by atoms with Crippen molar-refractivity contribution in [2.45, 2.75) is 355 Å². The Bertz CT molecular complexity index is 749. The Morgan fingerprint density at radius 3 is 0.721 bits per heavy atom. The number of unbranched alkanes of at least 4 members (excludes halogenated alkanes) is 40. The minimum absolute atomic E-state index is 0.0251. The number of aliphatic hydroxyl groups is 2. The van der Waals surface area contributed by atoms with Gasteiger partial charge in [-0.15, -0.1) is 0 Å². The molecule has 2 atom stereocenters. The van der Waals surface area contributed by atoms with Crippen LogP contribution in [-0.4, -0.2) is 35.1 Å². The molecular weight excluding hydrogens is 745 g/mol. The first-order chi connectivity index (χ1) is 29.9. The third-order valence-corrected chi connectivity index (χ3v) is 14.8. The van der Waals surface area contributed by atoms with Crippen LogP contribution in [0.15, 0.2) is 0 Å². The highest BCUT2D eigenvalue weighted by atomic mass is 16.5. The molecule has 368 valence electrons. The zero-order chi connectivity index (χ0) is 44.6. The van der Waals surface area contributed by atoms with Crippen molar-refractivity contribution in [3.63, 3.8) is 0 Å². The van der Waals surface area contributed by atoms with E-state index in [1.54, 1.807) is 0 Å². The van der Waals surface area contributed by atoms with Crippen molar-refractivity contribution in [1.82, 2.24) is 0 Å². The molecule has 0 radical (unpaired) electrons. The van der Waals surface area contributed by atoms with Gasteiger partial charge in [0.2, 0.25) is 0 Å². The van der Waals surface area contributed by atoms with Gasteiger partial charge in [-0.25, -0.2) is 0 Å². The molecule has 0 saturated carbocycles. The smallest absolute Gasteiger partial charge is 0.0936 e. The van der Waals surface area contributed by atoms with Crippen LogP contribution in [0.3, 0.4) is 0 Å². The molecule has 0 heterocycles. The predicted molar refractivity (Wildman–Crippen MR) is 274 cm³/mol. The largest absolute Gasteiger partial charge is 0.394 e. The number of hydrogen-bond donors (Lipinski definition) is 2. The van der Waals surface area contributed by atoms with Gasteiger partial charge in [-0.05, 0) is 32.6 Å². The molecule has 0 aromatic heterocycles. The fraction of sp³-hybridized carbons (Fsp3) is 1.00. The minimum atomic E-state index is -0.828. The number of aliphatic hydroxyl groups excluding tert-OH is 1. The second-order valence-corrected chi connectivity index (χ2v) is 20.8. The van der Waals surface area contributed by atoms with Gasteiger partial charge in [-0.3, -0.25) is 0 Å². The van der Waals surface area contributed by atoms with Gasteiger partial charge in [0.1, 0.15) is 0 Å². The Kier molecular flexibility index (Phi) is 47.7. The molecule has 0 aliphatic carbocycles. The third-order valence-electron chi connectivity index (χ3n) is 14.8. The first kappa shape index (κ1) is 60.9. The summed E-state index contributed by atoms with van der Waals surface area (Å²) in [6.07, 6.45) is 63.8. The molecule has 0 aliphatic heterocycles. The summed E-state index contributed by atoms with van der Waals surface area (Å²) in [6, 6.07) is 0. The lowest BCUT2D eigenvalue weighted by molar-refractivity contribution is -0.164. The molecule has 0 amide bonds. The summed E-state index contributed by atoms with van der Waals surface area (Å²) < 4.78 is 6.43. The molecular formula is C58H118O3. The number of ether oxygens (including phenoxy) is 1. The zero-order valence-corrected chi connectivity index (χ0v) is 43.2. The van der Waals surface area contributed by atoms with Gasteiger partial charge in [0.25, 0.3) is 0 Å². The lowest BCUT2D eigenvalue weighted by Crippen LogP contribution is -2.52. The first-order valence-electron chi connectivity index (χ1n) is 28.9. The van der Waals surface area contributed by atoms with Crippen molar-refractivity contribution in [2.75, 3.05) is 13.2 Å². The normalized spacial score (nSPS) is 13.6. The Morgan fingerprint density at radius 2 is 0.508 bits per heavy atom. The lowest BCUT2D eigenvalue weighted by Gasteiger charge is -2.49. The third kappa shape index (κ3) is 37.8. The fourth-order valence-electron chi connectivity index (χ4n) is 10.4. The summed E-state index contributed by atoms with van der Waals surface area (Å²) in [5, 5.41) is 23.3. The van der Waals surface area contributed by atoms with E-state index in [2.05, 4.69) is 27.7 Å². The summed E-state index contributed by atoms with van der Waals surface area (Å²) in [5.41, 5.74) is -0.927. The molecule has 0 fully saturated rings. The highest BCUT2D eigenvalue weighted by Gasteiger charge is 2.48. The van der Waals surface area contributed by atoms with E-state index in [0.717, 1.165) is 32.1 Å². The molecule has 3 heteroatoms. The molecule has 0 aliphatic rings. The molecule has 2 N–H and O–H groups in total. The van der Waals surface area contributed by atoms with E-state index in [1.165, 1.54) is 276 Å². The molecule has 2 unspecified atom stereocenters. The molecule has 0 saturated heterocycles. The molecule has 0 aromatic carbocycles. The van der Waals surface area contributed by atoms with Crippen LogP contribution in [0.5, 0.6) is 0 Å². The number of hydrogen-bond acceptors (Lipinski definition) is 3. The number of rotatable bonds is 53. The second-order valence-electron chi connectivity index (χ2n) is 20.8. The van der Waals surface area contributed by atoms with E-state index in [4.69, 9.17) is 4.74 Å². The van der Waals surface area contributed by atoms with Crippen molar-refractivity contribution in [3.05, 3.63) is 0 Å². The van der Waals surface area contributed by atoms with Crippen LogP contribution in [0, 0.1) is 5.41 Å². The summed E-state index contributed by atoms with van der Waals surface area (Å²) in [5.74, 6) is 0. The van der Waals surface area contributed by atoms with E-state index < -0.39 is 5.60 Å². The highest BCUT2D eigenvalue weighted by Crippen LogP contribution is 2.49. The Hall–Kier alpha value is -0.120. The maximum Gasteiger partial charge on any atom is 0.0936 e. The summed E-state index contributed by atoms with van der Waals surface area (Å²) >= 11 is 0. The van der Waals surface area contributed by atoms with Crippen LogP contribution >= 0.6 is 0 Å². The van der Waals surface area contributed by atoms with Crippen LogP contribution in [0.25, 0.3) is 0 Å². The van der Waals surface area contributed by atoms with Crippen molar-refractivity contribution in [2.24, 2.45) is 5.41 Å². The maximum absolute atomic E-state index is 13.3. The van der Waals surface area contributed by atoms with Crippen molar-refractivity contribution in [1.29, 1.82) is 0 Å². The topological polar surface area (TPSA) is 49.7 Å². The molecule has 0 spiro atoms. The van der Waals surface area contributed by atoms with Gasteiger partial charge in [-0.1, -0.05) is 310 Å². The van der Waals surface area contributed by atoms with E-state index >= 15 is 0 Å². The van der Waals surface area contributed by atoms with Crippen LogP contribution in [0.4, 0.5) is 0 Å². The summed E-state index contributed by atoms with van der Waals surface area (Å²) in [6.45, 7) is 11.6. The maximum atomic E-state index is 13.3. The highest BCUT2D eigenvalue weighted by molar-refractivity contribution is 4.99. The standard InChI is InChI=1S/C58H118O3/c1-6-10-14-18-22-26-30-34-38-42-46-50-57(51-47-43-39-35-31-27-23-19-15-11-7-2,52-48-44-40-36-32-28-24-20-16-12-8-3)58(60,55-61-56(5)54-59)53-49-45-41-37-33-29-25-21-17-13-9-4/h56,59-60H,6-55H2,1-5H3. The molecule has 0 bridgehead atoms. The molecule has 61 heavy (non-hydrogen) atoms. The Balaban J connectivity index is 5.79. The zero-order valence-electron chi connectivity index (χ0n) is 43.2. The van der Waals surface area contributed by atoms with E-state index in [-0.39, 0.29) is 18.1 Å². The van der Waals surface area contributed by atoms with Crippen LogP contribution in [-0.2, 0) is 4.74 Å². The van der Waals surface area contributed by atoms with Crippen LogP contribution in [0.2, 0.25) is 0 Å². The molecule has 3 nitrogen and oxygen atoms in total. The molecule has 0 rings (SSSR count). The minimum Gasteiger partial charge on any atom is -0.394 e. The molecule has 0 aromatic rings. The first-order valence-corrected chi connectivity index (χ1v) is 28.9. The predicted octanol–water partition coefficient (Wildman–Crippen LogP) is 19.9. The van der Waals surface area contributed by atoms with Crippen LogP contribution in [0.1, 0.15) is 343 Å². The monoisotopic (exact) mass is 863 g/mol. The summed E-state index contributed by atoms with van der Waals surface area (Å²) in [4.78, 5) is 0. The van der Waals surface area contributed by atoms with E-state index in [9.17, 15) is 10.2 Å².